The van der Waals surface area contributed by atoms with Crippen LogP contribution in [0.1, 0.15) is 16.8 Å². The van der Waals surface area contributed by atoms with E-state index in [2.05, 4.69) is 15.3 Å². The van der Waals surface area contributed by atoms with Crippen LogP contribution in [0.3, 0.4) is 0 Å². The van der Waals surface area contributed by atoms with Crippen molar-refractivity contribution < 1.29 is 22.3 Å². The average Bonchev–Trinajstić information content (AvgIpc) is 3.49. The SMILES string of the molecule is Cc1ccc(-c2nnc(-c3nn(C)c4c3CN(S(=O)(=O)c3ccc5c(c3)OCCO5)CC4)o2)cc1. The van der Waals surface area contributed by atoms with E-state index in [1.807, 2.05) is 38.2 Å². The van der Waals surface area contributed by atoms with Gasteiger partial charge in [-0.15, -0.1) is 10.2 Å². The summed E-state index contributed by atoms with van der Waals surface area (Å²) in [7, 11) is -1.94. The molecule has 0 amide bonds. The Morgan fingerprint density at radius 3 is 2.49 bits per heavy atom. The van der Waals surface area contributed by atoms with Gasteiger partial charge in [0.1, 0.15) is 13.2 Å². The first-order valence-corrected chi connectivity index (χ1v) is 12.7. The van der Waals surface area contributed by atoms with E-state index >= 15 is 0 Å². The molecule has 2 aliphatic rings. The number of nitrogens with zero attached hydrogens (tertiary/aromatic N) is 5. The van der Waals surface area contributed by atoms with E-state index in [1.54, 1.807) is 16.8 Å². The molecule has 0 aliphatic carbocycles. The Hall–Kier alpha value is -3.70. The summed E-state index contributed by atoms with van der Waals surface area (Å²) in [5.41, 5.74) is 4.15. The van der Waals surface area contributed by atoms with Crippen LogP contribution in [-0.2, 0) is 30.0 Å². The molecule has 0 N–H and O–H groups in total. The third-order valence-corrected chi connectivity index (χ3v) is 8.13. The third-order valence-electron chi connectivity index (χ3n) is 6.28. The van der Waals surface area contributed by atoms with Gasteiger partial charge < -0.3 is 13.9 Å². The highest BCUT2D eigenvalue weighted by molar-refractivity contribution is 7.89. The van der Waals surface area contributed by atoms with Crippen molar-refractivity contribution in [3.8, 4) is 34.5 Å². The average molecular weight is 494 g/mol. The molecule has 2 aromatic carbocycles. The van der Waals surface area contributed by atoms with Gasteiger partial charge in [0, 0.05) is 49.4 Å². The van der Waals surface area contributed by atoms with Crippen LogP contribution in [0.5, 0.6) is 11.5 Å². The van der Waals surface area contributed by atoms with Crippen LogP contribution in [0, 0.1) is 6.92 Å². The number of sulfonamides is 1. The zero-order valence-corrected chi connectivity index (χ0v) is 20.1. The standard InChI is InChI=1S/C24H23N5O5S/c1-15-3-5-16(6-4-15)23-25-26-24(34-23)22-18-14-29(10-9-19(18)28(2)27-22)35(30,31)17-7-8-20-21(13-17)33-12-11-32-20/h3-8,13H,9-12,14H2,1-2H3. The Morgan fingerprint density at radius 1 is 0.943 bits per heavy atom. The molecule has 0 unspecified atom stereocenters. The van der Waals surface area contributed by atoms with Crippen molar-refractivity contribution >= 4 is 10.0 Å². The lowest BCUT2D eigenvalue weighted by Crippen LogP contribution is -2.36. The molecule has 6 rings (SSSR count). The van der Waals surface area contributed by atoms with Crippen LogP contribution in [-0.4, -0.2) is 52.5 Å². The molecule has 0 radical (unpaired) electrons. The number of aryl methyl sites for hydroxylation is 2. The van der Waals surface area contributed by atoms with Gasteiger partial charge in [-0.25, -0.2) is 8.42 Å². The molecule has 2 aromatic heterocycles. The van der Waals surface area contributed by atoms with Gasteiger partial charge in [-0.1, -0.05) is 17.7 Å². The lowest BCUT2D eigenvalue weighted by Gasteiger charge is -2.27. The number of hydrogen-bond donors (Lipinski definition) is 0. The van der Waals surface area contributed by atoms with Crippen LogP contribution < -0.4 is 9.47 Å². The van der Waals surface area contributed by atoms with Gasteiger partial charge in [0.25, 0.3) is 5.89 Å². The summed E-state index contributed by atoms with van der Waals surface area (Å²) < 4.78 is 47.3. The molecule has 2 aliphatic heterocycles. The molecule has 0 spiro atoms. The van der Waals surface area contributed by atoms with Crippen molar-refractivity contribution in [2.75, 3.05) is 19.8 Å². The number of benzene rings is 2. The maximum absolute atomic E-state index is 13.5. The van der Waals surface area contributed by atoms with E-state index in [4.69, 9.17) is 13.9 Å². The summed E-state index contributed by atoms with van der Waals surface area (Å²) in [6, 6.07) is 12.5. The topological polar surface area (TPSA) is 113 Å². The van der Waals surface area contributed by atoms with Gasteiger partial charge in [0.15, 0.2) is 17.2 Å². The Labute approximate surface area is 202 Å². The zero-order chi connectivity index (χ0) is 24.2. The van der Waals surface area contributed by atoms with Crippen LogP contribution in [0.25, 0.3) is 23.0 Å². The van der Waals surface area contributed by atoms with Gasteiger partial charge in [0.2, 0.25) is 15.9 Å². The second kappa shape index (κ2) is 8.21. The fourth-order valence-corrected chi connectivity index (χ4v) is 5.83. The predicted molar refractivity (Wildman–Crippen MR) is 125 cm³/mol. The monoisotopic (exact) mass is 493 g/mol. The van der Waals surface area contributed by atoms with Gasteiger partial charge in [-0.2, -0.15) is 9.40 Å². The first kappa shape index (κ1) is 21.8. The minimum Gasteiger partial charge on any atom is -0.486 e. The minimum absolute atomic E-state index is 0.150. The van der Waals surface area contributed by atoms with E-state index in [0.717, 1.165) is 22.4 Å². The minimum atomic E-state index is -3.78. The Balaban J connectivity index is 1.32. The Bertz CT molecular complexity index is 1520. The molecule has 4 heterocycles. The van der Waals surface area contributed by atoms with Crippen molar-refractivity contribution in [3.05, 3.63) is 59.3 Å². The van der Waals surface area contributed by atoms with Crippen LogP contribution in [0.4, 0.5) is 0 Å². The largest absolute Gasteiger partial charge is 0.486 e. The third kappa shape index (κ3) is 3.76. The summed E-state index contributed by atoms with van der Waals surface area (Å²) in [4.78, 5) is 0.162. The predicted octanol–water partition coefficient (Wildman–Crippen LogP) is 2.96. The van der Waals surface area contributed by atoms with E-state index in [1.165, 1.54) is 10.4 Å². The molecule has 0 fully saturated rings. The van der Waals surface area contributed by atoms with Crippen molar-refractivity contribution in [2.24, 2.45) is 7.05 Å². The summed E-state index contributed by atoms with van der Waals surface area (Å²) in [5, 5.41) is 13.0. The summed E-state index contributed by atoms with van der Waals surface area (Å²) in [5.74, 6) is 1.63. The normalized spacial score (nSPS) is 15.7. The Kier molecular flexibility index (Phi) is 5.11. The summed E-state index contributed by atoms with van der Waals surface area (Å²) in [6.07, 6.45) is 0.515. The van der Waals surface area contributed by atoms with Gasteiger partial charge in [0.05, 0.1) is 4.90 Å². The number of hydrogen-bond acceptors (Lipinski definition) is 8. The van der Waals surface area contributed by atoms with E-state index in [9.17, 15) is 8.42 Å². The van der Waals surface area contributed by atoms with Crippen molar-refractivity contribution in [1.82, 2.24) is 24.3 Å². The highest BCUT2D eigenvalue weighted by Gasteiger charge is 2.34. The first-order valence-electron chi connectivity index (χ1n) is 11.3. The van der Waals surface area contributed by atoms with Crippen molar-refractivity contribution in [3.63, 3.8) is 0 Å². The van der Waals surface area contributed by atoms with Gasteiger partial charge in [-0.3, -0.25) is 4.68 Å². The molecule has 11 heteroatoms. The lowest BCUT2D eigenvalue weighted by atomic mass is 10.1. The molecule has 0 atom stereocenters. The number of aromatic nitrogens is 4. The maximum atomic E-state index is 13.5. The maximum Gasteiger partial charge on any atom is 0.268 e. The molecule has 0 bridgehead atoms. The quantitative estimate of drug-likeness (QED) is 0.427. The molecule has 180 valence electrons. The number of fused-ring (bicyclic) bond motifs is 2. The van der Waals surface area contributed by atoms with Crippen molar-refractivity contribution in [1.29, 1.82) is 0 Å². The smallest absolute Gasteiger partial charge is 0.268 e. The number of ether oxygens (including phenoxy) is 2. The Morgan fingerprint density at radius 2 is 1.69 bits per heavy atom. The molecular weight excluding hydrogens is 470 g/mol. The van der Waals surface area contributed by atoms with Gasteiger partial charge in [-0.05, 0) is 31.2 Å². The second-order valence-corrected chi connectivity index (χ2v) is 10.5. The molecule has 0 saturated carbocycles. The highest BCUT2D eigenvalue weighted by atomic mass is 32.2. The highest BCUT2D eigenvalue weighted by Crippen LogP contribution is 2.36. The zero-order valence-electron chi connectivity index (χ0n) is 19.3. The van der Waals surface area contributed by atoms with Crippen LogP contribution in [0.15, 0.2) is 51.8 Å². The first-order chi connectivity index (χ1) is 16.9. The van der Waals surface area contributed by atoms with Crippen molar-refractivity contribution in [2.45, 2.75) is 24.8 Å². The fourth-order valence-electron chi connectivity index (χ4n) is 4.41. The molecular formula is C24H23N5O5S. The molecule has 4 aromatic rings. The van der Waals surface area contributed by atoms with E-state index in [-0.39, 0.29) is 17.3 Å². The summed E-state index contributed by atoms with van der Waals surface area (Å²) in [6.45, 7) is 3.32. The van der Waals surface area contributed by atoms with Crippen LogP contribution >= 0.6 is 0 Å². The van der Waals surface area contributed by atoms with E-state index in [0.29, 0.717) is 49.3 Å². The number of rotatable bonds is 4. The molecule has 0 saturated heterocycles. The second-order valence-electron chi connectivity index (χ2n) is 8.57. The molecule has 35 heavy (non-hydrogen) atoms. The molecule has 10 nitrogen and oxygen atoms in total. The van der Waals surface area contributed by atoms with E-state index < -0.39 is 10.0 Å². The summed E-state index contributed by atoms with van der Waals surface area (Å²) >= 11 is 0. The van der Waals surface area contributed by atoms with Gasteiger partial charge >= 0.3 is 0 Å². The van der Waals surface area contributed by atoms with Crippen LogP contribution in [0.2, 0.25) is 0 Å². The lowest BCUT2D eigenvalue weighted by molar-refractivity contribution is 0.171. The fraction of sp³-hybridized carbons (Fsp3) is 0.292.